The van der Waals surface area contributed by atoms with Crippen LogP contribution in [-0.4, -0.2) is 87.9 Å². The number of aliphatic hydroxyl groups excluding tert-OH is 1. The van der Waals surface area contributed by atoms with Crippen molar-refractivity contribution < 1.29 is 48.3 Å². The van der Waals surface area contributed by atoms with Crippen molar-refractivity contribution >= 4 is 29.5 Å². The fourth-order valence-electron chi connectivity index (χ4n) is 6.93. The van der Waals surface area contributed by atoms with Gasteiger partial charge in [0.05, 0.1) is 23.5 Å². The highest BCUT2D eigenvalue weighted by molar-refractivity contribution is 6.23. The number of carbonyl (C=O) groups excluding carboxylic acids is 3. The van der Waals surface area contributed by atoms with Crippen LogP contribution >= 0.6 is 11.6 Å². The monoisotopic (exact) mass is 514 g/mol. The summed E-state index contributed by atoms with van der Waals surface area (Å²) in [6.07, 6.45) is -6.89. The molecule has 3 aliphatic heterocycles. The van der Waals surface area contributed by atoms with E-state index < -0.39 is 101 Å². The smallest absolute Gasteiger partial charge is 0.312 e. The van der Waals surface area contributed by atoms with Crippen molar-refractivity contribution in [2.45, 2.75) is 94.4 Å². The molecule has 3 saturated heterocycles. The minimum Gasteiger partial charge on any atom is -0.459 e. The van der Waals surface area contributed by atoms with Crippen LogP contribution in [0.2, 0.25) is 0 Å². The van der Waals surface area contributed by atoms with Crippen molar-refractivity contribution in [1.82, 2.24) is 0 Å². The molecule has 0 aromatic carbocycles. The second-order valence-corrected chi connectivity index (χ2v) is 11.3. The van der Waals surface area contributed by atoms with Crippen molar-refractivity contribution in [3.63, 3.8) is 0 Å². The van der Waals surface area contributed by atoms with Gasteiger partial charge in [0.1, 0.15) is 30.5 Å². The number of carbonyl (C=O) groups is 3. The summed E-state index contributed by atoms with van der Waals surface area (Å²) in [5.74, 6) is -4.53. The molecule has 194 valence electrons. The summed E-state index contributed by atoms with van der Waals surface area (Å²) >= 11 is 6.74. The lowest BCUT2D eigenvalue weighted by molar-refractivity contribution is -0.224. The number of ether oxygens (including phenoxy) is 5. The Morgan fingerprint density at radius 1 is 1.06 bits per heavy atom. The van der Waals surface area contributed by atoms with Gasteiger partial charge >= 0.3 is 17.9 Å². The first-order valence-corrected chi connectivity index (χ1v) is 12.3. The summed E-state index contributed by atoms with van der Waals surface area (Å²) in [6, 6.07) is 0. The zero-order valence-electron chi connectivity index (χ0n) is 20.2. The summed E-state index contributed by atoms with van der Waals surface area (Å²) in [6.45, 7) is 11.6. The van der Waals surface area contributed by atoms with Crippen LogP contribution in [0.4, 0.5) is 0 Å². The van der Waals surface area contributed by atoms with Crippen LogP contribution in [-0.2, 0) is 38.1 Å². The van der Waals surface area contributed by atoms with Crippen molar-refractivity contribution in [3.05, 3.63) is 12.2 Å². The van der Waals surface area contributed by atoms with Crippen LogP contribution in [0.1, 0.15) is 34.6 Å². The lowest BCUT2D eigenvalue weighted by Gasteiger charge is -2.54. The van der Waals surface area contributed by atoms with E-state index in [0.29, 0.717) is 5.57 Å². The molecular weight excluding hydrogens is 484 g/mol. The van der Waals surface area contributed by atoms with Gasteiger partial charge in [0.25, 0.3) is 0 Å². The summed E-state index contributed by atoms with van der Waals surface area (Å²) in [4.78, 5) is 37.4. The van der Waals surface area contributed by atoms with E-state index in [1.54, 1.807) is 6.92 Å². The van der Waals surface area contributed by atoms with E-state index in [1.807, 2.05) is 6.92 Å². The highest BCUT2D eigenvalue weighted by atomic mass is 35.5. The Balaban J connectivity index is 1.75. The summed E-state index contributed by atoms with van der Waals surface area (Å²) in [7, 11) is 0. The van der Waals surface area contributed by atoms with Gasteiger partial charge in [0.15, 0.2) is 11.7 Å². The summed E-state index contributed by atoms with van der Waals surface area (Å²) < 4.78 is 29.0. The molecule has 3 heterocycles. The maximum Gasteiger partial charge on any atom is 0.312 e. The van der Waals surface area contributed by atoms with Crippen LogP contribution in [0, 0.1) is 23.2 Å². The minimum absolute atomic E-state index is 0.347. The van der Waals surface area contributed by atoms with E-state index in [0.717, 1.165) is 0 Å². The molecule has 2 N–H and O–H groups in total. The van der Waals surface area contributed by atoms with Crippen molar-refractivity contribution in [2.24, 2.45) is 23.2 Å². The number of esters is 3. The molecule has 0 spiro atoms. The van der Waals surface area contributed by atoms with Gasteiger partial charge < -0.3 is 33.9 Å². The van der Waals surface area contributed by atoms with Crippen LogP contribution < -0.4 is 0 Å². The molecule has 0 unspecified atom stereocenters. The van der Waals surface area contributed by atoms with Gasteiger partial charge in [-0.2, -0.15) is 0 Å². The molecule has 2 aliphatic carbocycles. The van der Waals surface area contributed by atoms with Gasteiger partial charge in [0.2, 0.25) is 0 Å². The molecule has 5 fully saturated rings. The van der Waals surface area contributed by atoms with E-state index in [-0.39, 0.29) is 0 Å². The second kappa shape index (κ2) is 7.89. The number of alkyl halides is 1. The van der Waals surface area contributed by atoms with Crippen molar-refractivity contribution in [1.29, 1.82) is 0 Å². The van der Waals surface area contributed by atoms with E-state index in [9.17, 15) is 24.6 Å². The molecule has 5 aliphatic rings. The fourth-order valence-corrected chi connectivity index (χ4v) is 7.31. The Bertz CT molecular complexity index is 985. The number of aliphatic hydroxyl groups is 2. The molecule has 0 bridgehead atoms. The van der Waals surface area contributed by atoms with Crippen molar-refractivity contribution in [2.75, 3.05) is 0 Å². The normalized spacial score (nSPS) is 54.3. The second-order valence-electron chi connectivity index (χ2n) is 10.8. The zero-order valence-corrected chi connectivity index (χ0v) is 20.9. The highest BCUT2D eigenvalue weighted by Crippen LogP contribution is 2.63. The lowest BCUT2D eigenvalue weighted by atomic mass is 9.53. The Hall–Kier alpha value is -1.72. The predicted molar refractivity (Wildman–Crippen MR) is 118 cm³/mol. The minimum atomic E-state index is -2.08. The molecule has 5 rings (SSSR count). The number of hydrogen-bond donors (Lipinski definition) is 2. The Morgan fingerprint density at radius 2 is 1.66 bits per heavy atom. The van der Waals surface area contributed by atoms with Gasteiger partial charge in [-0.3, -0.25) is 14.4 Å². The lowest BCUT2D eigenvalue weighted by Crippen LogP contribution is -2.69. The van der Waals surface area contributed by atoms with E-state index >= 15 is 0 Å². The SMILES string of the molecule is C=C1[C@H]2O[C@@H]2[C@H](OC(C)=O)[C@]2(C)[C@H]([C@@H](C)[C@H](O)[C@@H]3O[C@@H]32)[C@H](OC(C)=O)[C@@]2(O)[C@H](OC(=O)[C@@H]2C)[C@H]1Cl. The first kappa shape index (κ1) is 25.0. The topological polar surface area (TPSA) is 144 Å². The maximum atomic E-state index is 12.8. The third-order valence-electron chi connectivity index (χ3n) is 8.83. The summed E-state index contributed by atoms with van der Waals surface area (Å²) in [5.41, 5.74) is -2.82. The Labute approximate surface area is 207 Å². The summed E-state index contributed by atoms with van der Waals surface area (Å²) in [5, 5.41) is 22.2. The number of halogens is 1. The first-order valence-electron chi connectivity index (χ1n) is 11.8. The van der Waals surface area contributed by atoms with Crippen molar-refractivity contribution in [3.8, 4) is 0 Å². The maximum absolute atomic E-state index is 12.8. The third-order valence-corrected chi connectivity index (χ3v) is 9.34. The molecule has 0 radical (unpaired) electrons. The number of rotatable bonds is 2. The average molecular weight is 515 g/mol. The fraction of sp³-hybridized carbons (Fsp3) is 0.792. The molecule has 14 atom stereocenters. The molecule has 0 aromatic rings. The van der Waals surface area contributed by atoms with Crippen LogP contribution in [0.15, 0.2) is 12.2 Å². The highest BCUT2D eigenvalue weighted by Gasteiger charge is 2.77. The zero-order chi connectivity index (χ0) is 25.8. The van der Waals surface area contributed by atoms with Crippen LogP contribution in [0.25, 0.3) is 0 Å². The average Bonchev–Trinajstić information content (AvgIpc) is 3.69. The molecule has 35 heavy (non-hydrogen) atoms. The molecule has 10 nitrogen and oxygen atoms in total. The van der Waals surface area contributed by atoms with Gasteiger partial charge in [-0.1, -0.05) is 20.4 Å². The van der Waals surface area contributed by atoms with Gasteiger partial charge in [-0.25, -0.2) is 0 Å². The molecule has 2 saturated carbocycles. The standard InChI is InChI=1S/C24H31ClO10/c1-7-12-18(31-10(4)26)24(30)9(3)22(29)35-19(24)13(25)8(2)15-17(33-15)21(32-11(5)27)23(12,6)20-16(34-20)14(7)28/h7,9,12-21,28,30H,2H2,1,3-6H3/t7-,9+,12-,13+,14+,15-,16+,17+,18+,19-,20+,21+,23-,24-/m1/s1. The quantitative estimate of drug-likeness (QED) is 0.175. The van der Waals surface area contributed by atoms with E-state index in [4.69, 9.17) is 35.3 Å². The Kier molecular flexibility index (Phi) is 5.62. The van der Waals surface area contributed by atoms with E-state index in [2.05, 4.69) is 6.58 Å². The number of epoxide rings is 2. The van der Waals surface area contributed by atoms with Crippen LogP contribution in [0.3, 0.4) is 0 Å². The van der Waals surface area contributed by atoms with Gasteiger partial charge in [-0.05, 0) is 18.4 Å². The third kappa shape index (κ3) is 3.33. The predicted octanol–water partition coefficient (Wildman–Crippen LogP) is 0.488. The molecule has 11 heteroatoms. The molecule has 0 amide bonds. The van der Waals surface area contributed by atoms with Gasteiger partial charge in [-0.15, -0.1) is 11.6 Å². The largest absolute Gasteiger partial charge is 0.459 e. The molecule has 0 aromatic heterocycles. The number of fused-ring (bicyclic) bond motifs is 5. The first-order chi connectivity index (χ1) is 16.3. The van der Waals surface area contributed by atoms with E-state index in [1.165, 1.54) is 20.8 Å². The molecular formula is C24H31ClO10. The van der Waals surface area contributed by atoms with Gasteiger partial charge in [0, 0.05) is 25.2 Å². The Morgan fingerprint density at radius 3 is 2.26 bits per heavy atom. The number of hydrogen-bond acceptors (Lipinski definition) is 10. The van der Waals surface area contributed by atoms with Crippen LogP contribution in [0.5, 0.6) is 0 Å².